The van der Waals surface area contributed by atoms with Gasteiger partial charge in [0.2, 0.25) is 0 Å². The smallest absolute Gasteiger partial charge is 0.161 e. The number of rotatable bonds is 12. The number of β-amino-alcohol motifs (C(OH)–C–C–N with tert-alkyl or cyclic N) is 1. The highest BCUT2D eigenvalue weighted by molar-refractivity contribution is 7.99. The average molecular weight is 421 g/mol. The number of imidazole rings is 1. The van der Waals surface area contributed by atoms with Crippen molar-refractivity contribution in [3.63, 3.8) is 0 Å². The molecule has 0 saturated carbocycles. The number of nitrogens with one attached hydrogen (secondary N) is 1. The van der Waals surface area contributed by atoms with E-state index in [2.05, 4.69) is 19.8 Å². The molecule has 160 valence electrons. The molecule has 1 saturated heterocycles. The molecule has 3 rings (SSSR count). The maximum absolute atomic E-state index is 10.3. The Morgan fingerprint density at radius 3 is 2.90 bits per heavy atom. The second-order valence-electron chi connectivity index (χ2n) is 7.19. The van der Waals surface area contributed by atoms with E-state index in [0.717, 1.165) is 56.2 Å². The van der Waals surface area contributed by atoms with E-state index >= 15 is 0 Å². The number of methoxy groups -OCH3 is 1. The van der Waals surface area contributed by atoms with Gasteiger partial charge in [-0.05, 0) is 30.7 Å². The zero-order valence-corrected chi connectivity index (χ0v) is 17.9. The number of hydrogen-bond acceptors (Lipinski definition) is 7. The van der Waals surface area contributed by atoms with Gasteiger partial charge in [-0.1, -0.05) is 6.07 Å². The third kappa shape index (κ3) is 7.54. The average Bonchev–Trinajstić information content (AvgIpc) is 3.26. The Morgan fingerprint density at radius 2 is 2.14 bits per heavy atom. The van der Waals surface area contributed by atoms with E-state index in [-0.39, 0.29) is 6.61 Å². The first-order valence-corrected chi connectivity index (χ1v) is 11.3. The monoisotopic (exact) mass is 420 g/mol. The summed E-state index contributed by atoms with van der Waals surface area (Å²) < 4.78 is 13.4. The van der Waals surface area contributed by atoms with Crippen molar-refractivity contribution in [2.45, 2.75) is 25.6 Å². The number of aliphatic hydroxyl groups excluding tert-OH is 1. The maximum atomic E-state index is 10.3. The lowest BCUT2D eigenvalue weighted by Gasteiger charge is -2.28. The predicted octanol–water partition coefficient (Wildman–Crippen LogP) is 1.86. The summed E-state index contributed by atoms with van der Waals surface area (Å²) in [5.41, 5.74) is 1.14. The van der Waals surface area contributed by atoms with E-state index in [1.54, 1.807) is 13.3 Å². The number of aryl methyl sites for hydroxylation is 1. The van der Waals surface area contributed by atoms with Crippen molar-refractivity contribution < 1.29 is 14.6 Å². The fourth-order valence-corrected chi connectivity index (χ4v) is 4.28. The zero-order chi connectivity index (χ0) is 20.3. The quantitative estimate of drug-likeness (QED) is 0.508. The standard InChI is InChI=1S/C21H32N4O3S/c1-27-21-13-18(14-22-5-2-7-25-8-6-23-17-25)3-4-20(21)28-16-19(26)15-24-9-11-29-12-10-24/h3-4,6,8,13,17,19,22,26H,2,5,7,9-12,14-16H2,1H3/t19-/m1/s1. The first-order valence-electron chi connectivity index (χ1n) is 10.2. The molecule has 0 spiro atoms. The van der Waals surface area contributed by atoms with Crippen LogP contribution in [0.15, 0.2) is 36.9 Å². The lowest BCUT2D eigenvalue weighted by atomic mass is 10.2. The molecule has 1 atom stereocenters. The van der Waals surface area contributed by atoms with E-state index in [1.807, 2.05) is 42.5 Å². The normalized spacial score (nSPS) is 15.9. The van der Waals surface area contributed by atoms with Crippen LogP contribution in [-0.2, 0) is 13.1 Å². The van der Waals surface area contributed by atoms with Gasteiger partial charge in [0.1, 0.15) is 12.7 Å². The Kier molecular flexibility index (Phi) is 9.14. The fourth-order valence-electron chi connectivity index (χ4n) is 3.30. The van der Waals surface area contributed by atoms with E-state index in [1.165, 1.54) is 0 Å². The molecule has 7 nitrogen and oxygen atoms in total. The van der Waals surface area contributed by atoms with Crippen LogP contribution in [0.5, 0.6) is 11.5 Å². The minimum atomic E-state index is -0.500. The minimum absolute atomic E-state index is 0.270. The van der Waals surface area contributed by atoms with Gasteiger partial charge >= 0.3 is 0 Å². The number of hydrogen-bond donors (Lipinski definition) is 2. The van der Waals surface area contributed by atoms with Crippen molar-refractivity contribution in [1.82, 2.24) is 19.8 Å². The van der Waals surface area contributed by atoms with Crippen LogP contribution in [0.25, 0.3) is 0 Å². The summed E-state index contributed by atoms with van der Waals surface area (Å²) in [6.45, 7) is 5.66. The summed E-state index contributed by atoms with van der Waals surface area (Å²) >= 11 is 1.97. The summed E-state index contributed by atoms with van der Waals surface area (Å²) in [4.78, 5) is 6.34. The van der Waals surface area contributed by atoms with Gasteiger partial charge in [-0.3, -0.25) is 4.90 Å². The molecule has 2 N–H and O–H groups in total. The third-order valence-electron chi connectivity index (χ3n) is 4.89. The molecule has 2 aromatic rings. The van der Waals surface area contributed by atoms with Crippen LogP contribution in [0.3, 0.4) is 0 Å². The zero-order valence-electron chi connectivity index (χ0n) is 17.1. The van der Waals surface area contributed by atoms with E-state index < -0.39 is 6.10 Å². The Bertz CT molecular complexity index is 708. The van der Waals surface area contributed by atoms with Crippen molar-refractivity contribution in [3.05, 3.63) is 42.5 Å². The molecule has 0 amide bonds. The lowest BCUT2D eigenvalue weighted by Crippen LogP contribution is -2.40. The third-order valence-corrected chi connectivity index (χ3v) is 5.83. The van der Waals surface area contributed by atoms with Crippen LogP contribution in [0, 0.1) is 0 Å². The highest BCUT2D eigenvalue weighted by Gasteiger charge is 2.16. The molecule has 1 aromatic heterocycles. The molecule has 8 heteroatoms. The number of ether oxygens (including phenoxy) is 2. The van der Waals surface area contributed by atoms with Crippen LogP contribution in [0.2, 0.25) is 0 Å². The van der Waals surface area contributed by atoms with Crippen LogP contribution in [0.4, 0.5) is 0 Å². The van der Waals surface area contributed by atoms with Gasteiger partial charge in [0.15, 0.2) is 11.5 Å². The van der Waals surface area contributed by atoms with Crippen LogP contribution in [-0.4, -0.2) is 77.1 Å². The number of benzene rings is 1. The predicted molar refractivity (Wildman–Crippen MR) is 117 cm³/mol. The topological polar surface area (TPSA) is 71.8 Å². The van der Waals surface area contributed by atoms with Gasteiger partial charge in [-0.15, -0.1) is 0 Å². The summed E-state index contributed by atoms with van der Waals surface area (Å²) in [6.07, 6.45) is 6.16. The summed E-state index contributed by atoms with van der Waals surface area (Å²) in [7, 11) is 1.65. The van der Waals surface area contributed by atoms with Crippen molar-refractivity contribution in [3.8, 4) is 11.5 Å². The van der Waals surface area contributed by atoms with Gasteiger partial charge < -0.3 is 24.5 Å². The Labute approximate surface area is 177 Å². The largest absolute Gasteiger partial charge is 0.493 e. The Morgan fingerprint density at radius 1 is 1.28 bits per heavy atom. The summed E-state index contributed by atoms with van der Waals surface area (Å²) in [5, 5.41) is 13.7. The van der Waals surface area contributed by atoms with Crippen LogP contribution < -0.4 is 14.8 Å². The van der Waals surface area contributed by atoms with Crippen molar-refractivity contribution in [2.75, 3.05) is 51.4 Å². The SMILES string of the molecule is COc1cc(CNCCCn2ccnc2)ccc1OC[C@H](O)CN1CCSCC1. The highest BCUT2D eigenvalue weighted by Crippen LogP contribution is 2.28. The molecule has 0 unspecified atom stereocenters. The second kappa shape index (κ2) is 12.1. The van der Waals surface area contributed by atoms with E-state index in [4.69, 9.17) is 9.47 Å². The molecule has 1 aliphatic heterocycles. The van der Waals surface area contributed by atoms with Crippen molar-refractivity contribution >= 4 is 11.8 Å². The maximum Gasteiger partial charge on any atom is 0.161 e. The second-order valence-corrected chi connectivity index (χ2v) is 8.42. The van der Waals surface area contributed by atoms with Gasteiger partial charge in [0.05, 0.1) is 13.4 Å². The van der Waals surface area contributed by atoms with Gasteiger partial charge in [0, 0.05) is 56.6 Å². The van der Waals surface area contributed by atoms with Crippen molar-refractivity contribution in [1.29, 1.82) is 0 Å². The Hall–Kier alpha value is -1.74. The van der Waals surface area contributed by atoms with Gasteiger partial charge in [-0.2, -0.15) is 11.8 Å². The molecule has 0 bridgehead atoms. The van der Waals surface area contributed by atoms with E-state index in [9.17, 15) is 5.11 Å². The van der Waals surface area contributed by atoms with E-state index in [0.29, 0.717) is 18.0 Å². The molecule has 29 heavy (non-hydrogen) atoms. The molecule has 0 radical (unpaired) electrons. The summed E-state index contributed by atoms with van der Waals surface area (Å²) in [6, 6.07) is 5.95. The number of aliphatic hydroxyl groups is 1. The summed E-state index contributed by atoms with van der Waals surface area (Å²) in [5.74, 6) is 3.65. The Balaban J connectivity index is 1.39. The van der Waals surface area contributed by atoms with Crippen molar-refractivity contribution in [2.24, 2.45) is 0 Å². The highest BCUT2D eigenvalue weighted by atomic mass is 32.2. The van der Waals surface area contributed by atoms with Crippen LogP contribution >= 0.6 is 11.8 Å². The first-order chi connectivity index (χ1) is 14.2. The first kappa shape index (κ1) is 22.0. The molecule has 1 fully saturated rings. The van der Waals surface area contributed by atoms with Gasteiger partial charge in [-0.25, -0.2) is 4.98 Å². The number of nitrogens with zero attached hydrogens (tertiary/aromatic N) is 3. The van der Waals surface area contributed by atoms with Crippen LogP contribution in [0.1, 0.15) is 12.0 Å². The minimum Gasteiger partial charge on any atom is -0.493 e. The number of aromatic nitrogens is 2. The molecule has 1 aliphatic rings. The molecule has 2 heterocycles. The lowest BCUT2D eigenvalue weighted by molar-refractivity contribution is 0.0705. The molecular formula is C21H32N4O3S. The molecular weight excluding hydrogens is 388 g/mol. The molecule has 1 aromatic carbocycles. The fraction of sp³-hybridized carbons (Fsp3) is 0.571. The van der Waals surface area contributed by atoms with Gasteiger partial charge in [0.25, 0.3) is 0 Å². The molecule has 0 aliphatic carbocycles. The number of thioether (sulfide) groups is 1.